The molecular formula is C15H12N6O. The van der Waals surface area contributed by atoms with Gasteiger partial charge in [-0.25, -0.2) is 4.98 Å². The second kappa shape index (κ2) is 4.73. The van der Waals surface area contributed by atoms with Crippen LogP contribution in [-0.2, 0) is 6.54 Å². The Kier molecular flexibility index (Phi) is 2.72. The Bertz CT molecular complexity index is 1030. The van der Waals surface area contributed by atoms with E-state index in [1.54, 1.807) is 12.3 Å². The van der Waals surface area contributed by atoms with Gasteiger partial charge in [-0.15, -0.1) is 10.2 Å². The van der Waals surface area contributed by atoms with Crippen LogP contribution in [0.5, 0.6) is 0 Å². The van der Waals surface area contributed by atoms with Crippen LogP contribution in [0.1, 0.15) is 11.1 Å². The van der Waals surface area contributed by atoms with Gasteiger partial charge >= 0.3 is 0 Å². The molecule has 108 valence electrons. The molecule has 1 aromatic carbocycles. The summed E-state index contributed by atoms with van der Waals surface area (Å²) in [6.45, 7) is 2.47. The van der Waals surface area contributed by atoms with Gasteiger partial charge in [-0.1, -0.05) is 29.8 Å². The highest BCUT2D eigenvalue weighted by Gasteiger charge is 2.10. The van der Waals surface area contributed by atoms with Crippen molar-refractivity contribution in [3.63, 3.8) is 0 Å². The molecule has 22 heavy (non-hydrogen) atoms. The molecule has 7 heteroatoms. The standard InChI is InChI=1S/C15H12N6O/c1-10-2-4-11(5-3-10)8-20-9-16-14-13(15(20)22)19-18-12-6-7-17-21(12)14/h2-7,9H,8H2,1H3. The summed E-state index contributed by atoms with van der Waals surface area (Å²) in [7, 11) is 0. The first-order valence-electron chi connectivity index (χ1n) is 6.83. The average Bonchev–Trinajstić information content (AvgIpc) is 3.01. The molecule has 0 amide bonds. The molecule has 7 nitrogen and oxygen atoms in total. The van der Waals surface area contributed by atoms with Gasteiger partial charge in [0.05, 0.1) is 12.7 Å². The zero-order valence-corrected chi connectivity index (χ0v) is 11.8. The van der Waals surface area contributed by atoms with Gasteiger partial charge in [0.2, 0.25) is 0 Å². The molecule has 0 N–H and O–H groups in total. The zero-order valence-electron chi connectivity index (χ0n) is 11.8. The van der Waals surface area contributed by atoms with Gasteiger partial charge in [-0.3, -0.25) is 9.36 Å². The number of fused-ring (bicyclic) bond motifs is 3. The average molecular weight is 292 g/mol. The van der Waals surface area contributed by atoms with E-state index in [0.717, 1.165) is 5.56 Å². The second-order valence-electron chi connectivity index (χ2n) is 5.14. The van der Waals surface area contributed by atoms with Gasteiger partial charge in [0.15, 0.2) is 16.8 Å². The number of nitrogens with zero attached hydrogens (tertiary/aromatic N) is 6. The van der Waals surface area contributed by atoms with Crippen molar-refractivity contribution in [2.75, 3.05) is 0 Å². The van der Waals surface area contributed by atoms with Crippen molar-refractivity contribution in [3.05, 3.63) is 64.3 Å². The van der Waals surface area contributed by atoms with Crippen LogP contribution >= 0.6 is 0 Å². The quantitative estimate of drug-likeness (QED) is 0.554. The molecule has 4 aromatic rings. The van der Waals surface area contributed by atoms with Crippen LogP contribution in [0.15, 0.2) is 47.7 Å². The summed E-state index contributed by atoms with van der Waals surface area (Å²) >= 11 is 0. The van der Waals surface area contributed by atoms with E-state index in [9.17, 15) is 4.79 Å². The highest BCUT2D eigenvalue weighted by Crippen LogP contribution is 2.07. The Morgan fingerprint density at radius 3 is 2.73 bits per heavy atom. The summed E-state index contributed by atoms with van der Waals surface area (Å²) in [4.78, 5) is 16.9. The van der Waals surface area contributed by atoms with Gasteiger partial charge in [0, 0.05) is 6.07 Å². The molecule has 0 saturated heterocycles. The highest BCUT2D eigenvalue weighted by atomic mass is 16.1. The normalized spacial score (nSPS) is 11.3. The number of aryl methyl sites for hydroxylation is 1. The predicted octanol–water partition coefficient (Wildman–Crippen LogP) is 1.19. The first kappa shape index (κ1) is 12.6. The molecule has 0 bridgehead atoms. The molecule has 0 unspecified atom stereocenters. The largest absolute Gasteiger partial charge is 0.293 e. The van der Waals surface area contributed by atoms with E-state index < -0.39 is 0 Å². The van der Waals surface area contributed by atoms with Gasteiger partial charge in [-0.05, 0) is 12.5 Å². The third-order valence-electron chi connectivity index (χ3n) is 3.54. The van der Waals surface area contributed by atoms with E-state index in [4.69, 9.17) is 0 Å². The molecule has 0 saturated carbocycles. The highest BCUT2D eigenvalue weighted by molar-refractivity contribution is 5.70. The Labute approximate surface area is 124 Å². The SMILES string of the molecule is Cc1ccc(Cn2cnc3c(nnc4ccnn43)c2=O)cc1. The van der Waals surface area contributed by atoms with E-state index in [2.05, 4.69) is 20.3 Å². The van der Waals surface area contributed by atoms with Crippen molar-refractivity contribution >= 4 is 16.8 Å². The lowest BCUT2D eigenvalue weighted by Crippen LogP contribution is -2.23. The number of hydrogen-bond acceptors (Lipinski definition) is 5. The fourth-order valence-corrected chi connectivity index (χ4v) is 2.35. The summed E-state index contributed by atoms with van der Waals surface area (Å²) in [5.74, 6) is 0. The molecular weight excluding hydrogens is 280 g/mol. The van der Waals surface area contributed by atoms with Crippen molar-refractivity contribution in [1.82, 2.24) is 29.4 Å². The molecule has 0 radical (unpaired) electrons. The molecule has 3 aromatic heterocycles. The van der Waals surface area contributed by atoms with Crippen LogP contribution in [0.25, 0.3) is 16.8 Å². The van der Waals surface area contributed by atoms with Crippen molar-refractivity contribution in [2.24, 2.45) is 0 Å². The fourth-order valence-electron chi connectivity index (χ4n) is 2.35. The Hall–Kier alpha value is -3.09. The molecule has 3 heterocycles. The minimum atomic E-state index is -0.226. The third kappa shape index (κ3) is 1.95. The zero-order chi connectivity index (χ0) is 15.1. The van der Waals surface area contributed by atoms with Gasteiger partial charge < -0.3 is 0 Å². The maximum atomic E-state index is 12.5. The van der Waals surface area contributed by atoms with Crippen LogP contribution in [0.3, 0.4) is 0 Å². The van der Waals surface area contributed by atoms with E-state index in [-0.39, 0.29) is 11.1 Å². The van der Waals surface area contributed by atoms with Crippen molar-refractivity contribution in [3.8, 4) is 0 Å². The smallest absolute Gasteiger partial charge is 0.283 e. The second-order valence-corrected chi connectivity index (χ2v) is 5.14. The molecule has 0 aliphatic rings. The minimum absolute atomic E-state index is 0.214. The summed E-state index contributed by atoms with van der Waals surface area (Å²) in [5, 5.41) is 12.1. The lowest BCUT2D eigenvalue weighted by molar-refractivity contribution is 0.737. The van der Waals surface area contributed by atoms with Crippen LogP contribution in [0.2, 0.25) is 0 Å². The van der Waals surface area contributed by atoms with E-state index in [1.165, 1.54) is 21.0 Å². The summed E-state index contributed by atoms with van der Waals surface area (Å²) < 4.78 is 3.04. The number of rotatable bonds is 2. The summed E-state index contributed by atoms with van der Waals surface area (Å²) in [6, 6.07) is 9.73. The number of hydrogen-bond donors (Lipinski definition) is 0. The van der Waals surface area contributed by atoms with Crippen LogP contribution in [-0.4, -0.2) is 29.4 Å². The van der Waals surface area contributed by atoms with E-state index >= 15 is 0 Å². The Balaban J connectivity index is 1.85. The first-order valence-corrected chi connectivity index (χ1v) is 6.83. The molecule has 4 rings (SSSR count). The molecule has 0 atom stereocenters. The predicted molar refractivity (Wildman–Crippen MR) is 80.6 cm³/mol. The topological polar surface area (TPSA) is 78.0 Å². The van der Waals surface area contributed by atoms with Crippen LogP contribution in [0.4, 0.5) is 0 Å². The molecule has 0 spiro atoms. The number of benzene rings is 1. The number of aromatic nitrogens is 6. The van der Waals surface area contributed by atoms with Gasteiger partial charge in [0.1, 0.15) is 6.33 Å². The lowest BCUT2D eigenvalue weighted by atomic mass is 10.1. The Morgan fingerprint density at radius 2 is 1.91 bits per heavy atom. The van der Waals surface area contributed by atoms with E-state index in [1.807, 2.05) is 31.2 Å². The minimum Gasteiger partial charge on any atom is -0.293 e. The monoisotopic (exact) mass is 292 g/mol. The first-order chi connectivity index (χ1) is 10.7. The van der Waals surface area contributed by atoms with Crippen LogP contribution in [0, 0.1) is 6.92 Å². The maximum Gasteiger partial charge on any atom is 0.283 e. The fraction of sp³-hybridized carbons (Fsp3) is 0.133. The van der Waals surface area contributed by atoms with Crippen molar-refractivity contribution in [2.45, 2.75) is 13.5 Å². The van der Waals surface area contributed by atoms with Gasteiger partial charge in [-0.2, -0.15) is 9.61 Å². The maximum absolute atomic E-state index is 12.5. The van der Waals surface area contributed by atoms with Crippen molar-refractivity contribution in [1.29, 1.82) is 0 Å². The Morgan fingerprint density at radius 1 is 1.09 bits per heavy atom. The summed E-state index contributed by atoms with van der Waals surface area (Å²) in [5.41, 5.74) is 3.18. The van der Waals surface area contributed by atoms with E-state index in [0.29, 0.717) is 17.8 Å². The summed E-state index contributed by atoms with van der Waals surface area (Å²) in [6.07, 6.45) is 3.12. The molecule has 0 aliphatic carbocycles. The lowest BCUT2D eigenvalue weighted by Gasteiger charge is -2.07. The van der Waals surface area contributed by atoms with Gasteiger partial charge in [0.25, 0.3) is 5.56 Å². The third-order valence-corrected chi connectivity index (χ3v) is 3.54. The van der Waals surface area contributed by atoms with Crippen LogP contribution < -0.4 is 5.56 Å². The molecule has 0 aliphatic heterocycles. The van der Waals surface area contributed by atoms with Crippen molar-refractivity contribution < 1.29 is 0 Å². The molecule has 0 fully saturated rings.